The van der Waals surface area contributed by atoms with E-state index >= 15 is 0 Å². The zero-order chi connectivity index (χ0) is 16.5. The SMILES string of the molecule is COc1ccc(CN(C)C(=O)C2CC2(Cl)Cl)cc1OC(F)F. The van der Waals surface area contributed by atoms with Crippen LogP contribution in [0, 0.1) is 5.92 Å². The van der Waals surface area contributed by atoms with E-state index in [9.17, 15) is 13.6 Å². The lowest BCUT2D eigenvalue weighted by Gasteiger charge is -2.19. The van der Waals surface area contributed by atoms with E-state index in [0.29, 0.717) is 12.0 Å². The predicted octanol–water partition coefficient (Wildman–Crippen LogP) is 3.45. The van der Waals surface area contributed by atoms with Gasteiger partial charge < -0.3 is 14.4 Å². The van der Waals surface area contributed by atoms with Gasteiger partial charge in [0.2, 0.25) is 5.91 Å². The summed E-state index contributed by atoms with van der Waals surface area (Å²) in [4.78, 5) is 13.5. The van der Waals surface area contributed by atoms with Crippen LogP contribution >= 0.6 is 23.2 Å². The number of amides is 1. The van der Waals surface area contributed by atoms with Gasteiger partial charge in [-0.25, -0.2) is 0 Å². The zero-order valence-corrected chi connectivity index (χ0v) is 13.5. The molecule has 1 amide bonds. The molecule has 0 N–H and O–H groups in total. The molecular formula is C14H15Cl2F2NO3. The Morgan fingerprint density at radius 1 is 1.45 bits per heavy atom. The molecule has 0 saturated heterocycles. The van der Waals surface area contributed by atoms with Gasteiger partial charge in [0, 0.05) is 13.6 Å². The molecule has 1 aliphatic rings. The first-order chi connectivity index (χ1) is 10.2. The maximum atomic E-state index is 12.4. The lowest BCUT2D eigenvalue weighted by molar-refractivity contribution is -0.131. The van der Waals surface area contributed by atoms with Crippen LogP contribution in [0.25, 0.3) is 0 Å². The van der Waals surface area contributed by atoms with Gasteiger partial charge >= 0.3 is 6.61 Å². The molecule has 0 spiro atoms. The predicted molar refractivity (Wildman–Crippen MR) is 78.6 cm³/mol. The minimum Gasteiger partial charge on any atom is -0.493 e. The molecule has 0 aliphatic heterocycles. The highest BCUT2D eigenvalue weighted by molar-refractivity contribution is 6.52. The summed E-state index contributed by atoms with van der Waals surface area (Å²) in [5, 5.41) is 0. The van der Waals surface area contributed by atoms with Crippen LogP contribution in [0.2, 0.25) is 0 Å². The third kappa shape index (κ3) is 3.93. The molecule has 1 aromatic rings. The van der Waals surface area contributed by atoms with Crippen molar-refractivity contribution in [1.29, 1.82) is 0 Å². The molecule has 1 aromatic carbocycles. The van der Waals surface area contributed by atoms with Gasteiger partial charge in [-0.05, 0) is 24.1 Å². The van der Waals surface area contributed by atoms with Crippen LogP contribution in [0.15, 0.2) is 18.2 Å². The summed E-state index contributed by atoms with van der Waals surface area (Å²) < 4.78 is 33.1. The van der Waals surface area contributed by atoms with E-state index < -0.39 is 16.9 Å². The van der Waals surface area contributed by atoms with E-state index in [2.05, 4.69) is 4.74 Å². The van der Waals surface area contributed by atoms with Gasteiger partial charge in [-0.15, -0.1) is 23.2 Å². The number of nitrogens with zero attached hydrogens (tertiary/aromatic N) is 1. The largest absolute Gasteiger partial charge is 0.493 e. The van der Waals surface area contributed by atoms with Gasteiger partial charge in [-0.3, -0.25) is 4.79 Å². The molecule has 22 heavy (non-hydrogen) atoms. The maximum Gasteiger partial charge on any atom is 0.387 e. The molecule has 4 nitrogen and oxygen atoms in total. The summed E-state index contributed by atoms with van der Waals surface area (Å²) in [6.07, 6.45) is 0.418. The number of halogens is 4. The van der Waals surface area contributed by atoms with Crippen LogP contribution < -0.4 is 9.47 Å². The van der Waals surface area contributed by atoms with Crippen molar-refractivity contribution in [2.24, 2.45) is 5.92 Å². The average molecular weight is 354 g/mol. The molecule has 0 bridgehead atoms. The highest BCUT2D eigenvalue weighted by Gasteiger charge is 2.57. The number of carbonyl (C=O) groups is 1. The van der Waals surface area contributed by atoms with Gasteiger partial charge in [0.05, 0.1) is 13.0 Å². The molecule has 8 heteroatoms. The Hall–Kier alpha value is -1.27. The zero-order valence-electron chi connectivity index (χ0n) is 12.0. The Morgan fingerprint density at radius 3 is 2.59 bits per heavy atom. The van der Waals surface area contributed by atoms with Crippen molar-refractivity contribution in [1.82, 2.24) is 4.90 Å². The van der Waals surface area contributed by atoms with Crippen LogP contribution in [0.1, 0.15) is 12.0 Å². The Labute approximate surface area is 136 Å². The first kappa shape index (κ1) is 17.1. The molecule has 2 rings (SSSR count). The highest BCUT2D eigenvalue weighted by Crippen LogP contribution is 2.53. The molecule has 1 aliphatic carbocycles. The average Bonchev–Trinajstić information content (AvgIpc) is 3.06. The maximum absolute atomic E-state index is 12.4. The molecule has 0 radical (unpaired) electrons. The summed E-state index contributed by atoms with van der Waals surface area (Å²) in [5.74, 6) is -0.486. The van der Waals surface area contributed by atoms with Gasteiger partial charge in [0.25, 0.3) is 0 Å². The van der Waals surface area contributed by atoms with E-state index in [-0.39, 0.29) is 24.0 Å². The minimum atomic E-state index is -2.96. The number of methoxy groups -OCH3 is 1. The molecule has 1 fully saturated rings. The Bertz CT molecular complexity index is 569. The number of ether oxygens (including phenoxy) is 2. The molecule has 122 valence electrons. The molecule has 0 heterocycles. The molecular weight excluding hydrogens is 339 g/mol. The summed E-state index contributed by atoms with van der Waals surface area (Å²) in [7, 11) is 2.96. The van der Waals surface area contributed by atoms with Crippen molar-refractivity contribution >= 4 is 29.1 Å². The summed E-state index contributed by atoms with van der Waals surface area (Å²) in [6, 6.07) is 4.59. The van der Waals surface area contributed by atoms with Crippen molar-refractivity contribution in [2.75, 3.05) is 14.2 Å². The van der Waals surface area contributed by atoms with E-state index in [4.69, 9.17) is 27.9 Å². The smallest absolute Gasteiger partial charge is 0.387 e. The number of carbonyl (C=O) groups excluding carboxylic acids is 1. The van der Waals surface area contributed by atoms with Crippen molar-refractivity contribution < 1.29 is 23.0 Å². The van der Waals surface area contributed by atoms with Crippen LogP contribution in [0.5, 0.6) is 11.5 Å². The second-order valence-electron chi connectivity index (χ2n) is 5.08. The van der Waals surface area contributed by atoms with Gasteiger partial charge in [-0.2, -0.15) is 8.78 Å². The summed E-state index contributed by atoms with van der Waals surface area (Å²) >= 11 is 11.7. The van der Waals surface area contributed by atoms with E-state index in [1.165, 1.54) is 24.1 Å². The van der Waals surface area contributed by atoms with E-state index in [1.54, 1.807) is 13.1 Å². The number of hydrogen-bond acceptors (Lipinski definition) is 3. The van der Waals surface area contributed by atoms with Crippen molar-refractivity contribution in [3.63, 3.8) is 0 Å². The second kappa shape index (κ2) is 6.46. The topological polar surface area (TPSA) is 38.8 Å². The third-order valence-electron chi connectivity index (χ3n) is 3.36. The van der Waals surface area contributed by atoms with Crippen LogP contribution in [-0.2, 0) is 11.3 Å². The van der Waals surface area contributed by atoms with E-state index in [1.807, 2.05) is 0 Å². The monoisotopic (exact) mass is 353 g/mol. The van der Waals surface area contributed by atoms with Gasteiger partial charge in [0.1, 0.15) is 4.33 Å². The van der Waals surface area contributed by atoms with Crippen molar-refractivity contribution in [3.05, 3.63) is 23.8 Å². The number of benzene rings is 1. The lowest BCUT2D eigenvalue weighted by Crippen LogP contribution is -2.29. The first-order valence-electron chi connectivity index (χ1n) is 6.49. The number of alkyl halides is 4. The standard InChI is InChI=1S/C14H15Cl2F2NO3/c1-19(12(20)9-6-14(9,15)16)7-8-3-4-10(21-2)11(5-8)22-13(17)18/h3-5,9,13H,6-7H2,1-2H3. The van der Waals surface area contributed by atoms with Crippen molar-refractivity contribution in [2.45, 2.75) is 23.9 Å². The normalized spacial score (nSPS) is 19.0. The van der Waals surface area contributed by atoms with E-state index in [0.717, 1.165) is 0 Å². The summed E-state index contributed by atoms with van der Waals surface area (Å²) in [5.41, 5.74) is 0.627. The number of rotatable bonds is 6. The molecule has 1 atom stereocenters. The number of hydrogen-bond donors (Lipinski definition) is 0. The first-order valence-corrected chi connectivity index (χ1v) is 7.24. The Morgan fingerprint density at radius 2 is 2.09 bits per heavy atom. The lowest BCUT2D eigenvalue weighted by atomic mass is 10.2. The summed E-state index contributed by atoms with van der Waals surface area (Å²) in [6.45, 7) is -2.73. The fraction of sp³-hybridized carbons (Fsp3) is 0.500. The van der Waals surface area contributed by atoms with Crippen LogP contribution in [-0.4, -0.2) is 35.9 Å². The highest BCUT2D eigenvalue weighted by atomic mass is 35.5. The molecule has 0 aromatic heterocycles. The van der Waals surface area contributed by atoms with Gasteiger partial charge in [-0.1, -0.05) is 6.07 Å². The Kier molecular flexibility index (Phi) is 5.02. The Balaban J connectivity index is 2.07. The molecule has 1 saturated carbocycles. The minimum absolute atomic E-state index is 0.0775. The fourth-order valence-electron chi connectivity index (χ4n) is 2.11. The quantitative estimate of drug-likeness (QED) is 0.735. The fourth-order valence-corrected chi connectivity index (χ4v) is 2.60. The van der Waals surface area contributed by atoms with Crippen molar-refractivity contribution in [3.8, 4) is 11.5 Å². The van der Waals surface area contributed by atoms with Crippen LogP contribution in [0.3, 0.4) is 0 Å². The molecule has 1 unspecified atom stereocenters. The van der Waals surface area contributed by atoms with Gasteiger partial charge in [0.15, 0.2) is 11.5 Å². The van der Waals surface area contributed by atoms with Crippen LogP contribution in [0.4, 0.5) is 8.78 Å². The third-order valence-corrected chi connectivity index (χ3v) is 4.20. The second-order valence-corrected chi connectivity index (χ2v) is 6.62.